The van der Waals surface area contributed by atoms with Gasteiger partial charge < -0.3 is 21.7 Å². The maximum absolute atomic E-state index is 12.9. The van der Waals surface area contributed by atoms with Crippen LogP contribution in [-0.4, -0.2) is 62.2 Å². The van der Waals surface area contributed by atoms with E-state index in [9.17, 15) is 19.2 Å². The number of piperidine rings is 1. The third kappa shape index (κ3) is 3.35. The Morgan fingerprint density at radius 3 is 2.72 bits per heavy atom. The van der Waals surface area contributed by atoms with Crippen molar-refractivity contribution in [2.45, 2.75) is 37.4 Å². The van der Waals surface area contributed by atoms with Gasteiger partial charge in [-0.25, -0.2) is 4.68 Å². The second-order valence-electron chi connectivity index (χ2n) is 7.03. The van der Waals surface area contributed by atoms with Crippen LogP contribution in [0.5, 0.6) is 0 Å². The maximum atomic E-state index is 12.9. The Labute approximate surface area is 169 Å². The van der Waals surface area contributed by atoms with E-state index in [0.717, 1.165) is 4.88 Å². The van der Waals surface area contributed by atoms with Crippen molar-refractivity contribution in [2.24, 2.45) is 11.5 Å². The van der Waals surface area contributed by atoms with E-state index >= 15 is 0 Å². The summed E-state index contributed by atoms with van der Waals surface area (Å²) in [6.07, 6.45) is 1.11. The fourth-order valence-electron chi connectivity index (χ4n) is 3.92. The number of nitrogens with zero attached hydrogens (tertiary/aromatic N) is 4. The Morgan fingerprint density at radius 2 is 2.07 bits per heavy atom. The van der Waals surface area contributed by atoms with Crippen LogP contribution in [0.1, 0.15) is 44.7 Å². The van der Waals surface area contributed by atoms with Gasteiger partial charge in [-0.1, -0.05) is 11.3 Å². The van der Waals surface area contributed by atoms with Crippen molar-refractivity contribution in [1.82, 2.24) is 25.2 Å². The summed E-state index contributed by atoms with van der Waals surface area (Å²) in [4.78, 5) is 51.5. The lowest BCUT2D eigenvalue weighted by Gasteiger charge is -2.44. The first kappa shape index (κ1) is 19.1. The first-order valence-corrected chi connectivity index (χ1v) is 9.92. The molecule has 29 heavy (non-hydrogen) atoms. The first-order valence-electron chi connectivity index (χ1n) is 9.05. The number of thiophene rings is 1. The number of hydrogen-bond acceptors (Lipinski definition) is 7. The lowest BCUT2D eigenvalue weighted by Crippen LogP contribution is -2.65. The molecule has 0 unspecified atom stereocenters. The van der Waals surface area contributed by atoms with Gasteiger partial charge in [-0.2, -0.15) is 0 Å². The zero-order valence-corrected chi connectivity index (χ0v) is 16.1. The van der Waals surface area contributed by atoms with Crippen molar-refractivity contribution in [3.05, 3.63) is 33.8 Å². The van der Waals surface area contributed by atoms with Crippen LogP contribution in [0, 0.1) is 0 Å². The van der Waals surface area contributed by atoms with E-state index in [0.29, 0.717) is 19.4 Å². The Morgan fingerprint density at radius 1 is 1.28 bits per heavy atom. The van der Waals surface area contributed by atoms with E-state index in [1.807, 2.05) is 17.5 Å². The van der Waals surface area contributed by atoms with Gasteiger partial charge >= 0.3 is 0 Å². The summed E-state index contributed by atoms with van der Waals surface area (Å²) in [6, 6.07) is 2.12. The summed E-state index contributed by atoms with van der Waals surface area (Å²) in [7, 11) is 0. The molecule has 0 bridgehead atoms. The number of carbonyl (C=O) groups excluding carboxylic acids is 4. The molecule has 11 nitrogen and oxygen atoms in total. The quantitative estimate of drug-likeness (QED) is 0.553. The average Bonchev–Trinajstić information content (AvgIpc) is 3.35. The third-order valence-electron chi connectivity index (χ3n) is 5.27. The molecule has 4 amide bonds. The standard InChI is InChI=1S/C17H19N7O4S/c18-14(25)12-13(15(19)26)24(22-21-12)8-3-4-23-11(6-8)16(27)20-10(17(23)28)7-9-2-1-5-29-9/h1-2,5,8,10-11H,3-4,6-7H2,(H2,18,25)(H2,19,26)(H,20,27)/t8-,10-,11-/m0/s1. The molecule has 2 aromatic heterocycles. The molecule has 4 heterocycles. The van der Waals surface area contributed by atoms with Crippen LogP contribution in [0.2, 0.25) is 0 Å². The highest BCUT2D eigenvalue weighted by Crippen LogP contribution is 2.31. The van der Waals surface area contributed by atoms with E-state index < -0.39 is 29.9 Å². The van der Waals surface area contributed by atoms with Crippen molar-refractivity contribution in [3.8, 4) is 0 Å². The summed E-state index contributed by atoms with van der Waals surface area (Å²) in [5, 5.41) is 12.2. The predicted molar refractivity (Wildman–Crippen MR) is 101 cm³/mol. The fraction of sp³-hybridized carbons (Fsp3) is 0.412. The molecule has 12 heteroatoms. The Hall–Kier alpha value is -3.28. The highest BCUT2D eigenvalue weighted by atomic mass is 32.1. The Bertz CT molecular complexity index is 986. The van der Waals surface area contributed by atoms with Crippen LogP contribution in [-0.2, 0) is 16.0 Å². The first-order chi connectivity index (χ1) is 13.9. The Kier molecular flexibility index (Phi) is 4.78. The van der Waals surface area contributed by atoms with Crippen LogP contribution in [0.15, 0.2) is 17.5 Å². The number of amides is 4. The molecule has 4 rings (SSSR count). The molecule has 5 N–H and O–H groups in total. The fourth-order valence-corrected chi connectivity index (χ4v) is 4.68. The zero-order valence-electron chi connectivity index (χ0n) is 15.3. The number of rotatable bonds is 5. The largest absolute Gasteiger partial charge is 0.364 e. The van der Waals surface area contributed by atoms with Crippen molar-refractivity contribution in [3.63, 3.8) is 0 Å². The van der Waals surface area contributed by atoms with Crippen molar-refractivity contribution < 1.29 is 19.2 Å². The number of carbonyl (C=O) groups is 4. The topological polar surface area (TPSA) is 166 Å². The van der Waals surface area contributed by atoms with Gasteiger partial charge in [-0.15, -0.1) is 16.4 Å². The molecule has 0 spiro atoms. The maximum Gasteiger partial charge on any atom is 0.271 e. The molecule has 0 aliphatic carbocycles. The number of nitrogens with one attached hydrogen (secondary N) is 1. The van der Waals surface area contributed by atoms with Crippen LogP contribution < -0.4 is 16.8 Å². The lowest BCUT2D eigenvalue weighted by molar-refractivity contribution is -0.152. The van der Waals surface area contributed by atoms with Gasteiger partial charge in [0.1, 0.15) is 12.1 Å². The van der Waals surface area contributed by atoms with Gasteiger partial charge in [0.25, 0.3) is 11.8 Å². The molecular weight excluding hydrogens is 398 g/mol. The molecule has 2 aliphatic rings. The second kappa shape index (κ2) is 7.28. The normalized spacial score (nSPS) is 24.1. The third-order valence-corrected chi connectivity index (χ3v) is 6.17. The summed E-state index contributed by atoms with van der Waals surface area (Å²) in [5.41, 5.74) is 10.1. The number of hydrogen-bond donors (Lipinski definition) is 3. The molecule has 0 saturated carbocycles. The van der Waals surface area contributed by atoms with E-state index in [2.05, 4.69) is 15.6 Å². The number of primary amides is 2. The van der Waals surface area contributed by atoms with Gasteiger partial charge in [0, 0.05) is 17.8 Å². The molecule has 2 aromatic rings. The average molecular weight is 417 g/mol. The molecule has 2 aliphatic heterocycles. The van der Waals surface area contributed by atoms with Crippen molar-refractivity contribution in [2.75, 3.05) is 6.54 Å². The van der Waals surface area contributed by atoms with Crippen LogP contribution in [0.25, 0.3) is 0 Å². The molecule has 0 aromatic carbocycles. The summed E-state index contributed by atoms with van der Waals surface area (Å²) in [5.74, 6) is -2.18. The minimum absolute atomic E-state index is 0.131. The van der Waals surface area contributed by atoms with Crippen LogP contribution in [0.4, 0.5) is 0 Å². The minimum atomic E-state index is -0.913. The van der Waals surface area contributed by atoms with Crippen molar-refractivity contribution >= 4 is 35.0 Å². The van der Waals surface area contributed by atoms with E-state index in [4.69, 9.17) is 11.5 Å². The number of piperazine rings is 1. The molecule has 152 valence electrons. The molecule has 3 atom stereocenters. The highest BCUT2D eigenvalue weighted by molar-refractivity contribution is 7.09. The van der Waals surface area contributed by atoms with Gasteiger partial charge in [0.2, 0.25) is 11.8 Å². The van der Waals surface area contributed by atoms with E-state index in [1.165, 1.54) is 16.0 Å². The summed E-state index contributed by atoms with van der Waals surface area (Å²) < 4.78 is 1.25. The zero-order chi connectivity index (χ0) is 20.7. The second-order valence-corrected chi connectivity index (χ2v) is 8.06. The number of aromatic nitrogens is 3. The van der Waals surface area contributed by atoms with Crippen LogP contribution >= 0.6 is 11.3 Å². The smallest absolute Gasteiger partial charge is 0.271 e. The van der Waals surface area contributed by atoms with Crippen molar-refractivity contribution in [1.29, 1.82) is 0 Å². The van der Waals surface area contributed by atoms with E-state index in [1.54, 1.807) is 4.90 Å². The minimum Gasteiger partial charge on any atom is -0.364 e. The monoisotopic (exact) mass is 417 g/mol. The number of nitrogens with two attached hydrogens (primary N) is 2. The van der Waals surface area contributed by atoms with Gasteiger partial charge in [-0.05, 0) is 24.3 Å². The SMILES string of the molecule is NC(=O)c1nnn([C@H]2CCN3C(=O)[C@H](Cc4cccs4)NC(=O)[C@@H]3C2)c1C(N)=O. The lowest BCUT2D eigenvalue weighted by atomic mass is 9.92. The summed E-state index contributed by atoms with van der Waals surface area (Å²) >= 11 is 1.53. The van der Waals surface area contributed by atoms with Gasteiger partial charge in [-0.3, -0.25) is 19.2 Å². The van der Waals surface area contributed by atoms with Gasteiger partial charge in [0.15, 0.2) is 11.4 Å². The van der Waals surface area contributed by atoms with Gasteiger partial charge in [0.05, 0.1) is 6.04 Å². The van der Waals surface area contributed by atoms with Crippen LogP contribution in [0.3, 0.4) is 0 Å². The molecule has 2 fully saturated rings. The molecular formula is C17H19N7O4S. The highest BCUT2D eigenvalue weighted by Gasteiger charge is 2.45. The summed E-state index contributed by atoms with van der Waals surface area (Å²) in [6.45, 7) is 0.312. The molecule has 2 saturated heterocycles. The number of fused-ring (bicyclic) bond motifs is 1. The molecule has 0 radical (unpaired) electrons. The Balaban J connectivity index is 1.54. The van der Waals surface area contributed by atoms with E-state index in [-0.39, 0.29) is 29.6 Å². The predicted octanol–water partition coefficient (Wildman–Crippen LogP) is -1.19.